The fraction of sp³-hybridized carbons (Fsp3) is 0.412. The lowest BCUT2D eigenvalue weighted by Crippen LogP contribution is -2.23. The maximum Gasteiger partial charge on any atom is 0.309 e. The van der Waals surface area contributed by atoms with Crippen LogP contribution in [0, 0.1) is 5.41 Å². The largest absolute Gasteiger partial charge is 0.493 e. The molecule has 0 spiro atoms. The molecule has 1 heterocycles. The molecule has 1 aromatic heterocycles. The van der Waals surface area contributed by atoms with E-state index >= 15 is 0 Å². The molecule has 1 N–H and O–H groups in total. The lowest BCUT2D eigenvalue weighted by molar-refractivity contribution is -0.147. The lowest BCUT2D eigenvalue weighted by Gasteiger charge is -2.18. The summed E-state index contributed by atoms with van der Waals surface area (Å²) in [5.74, 6) is 0.0849. The fourth-order valence-electron chi connectivity index (χ4n) is 2.16. The Morgan fingerprint density at radius 3 is 2.81 bits per heavy atom. The second-order valence-electron chi connectivity index (χ2n) is 5.82. The zero-order valence-corrected chi connectivity index (χ0v) is 12.5. The van der Waals surface area contributed by atoms with Crippen LogP contribution in [-0.4, -0.2) is 22.7 Å². The smallest absolute Gasteiger partial charge is 0.309 e. The minimum absolute atomic E-state index is 0.587. The van der Waals surface area contributed by atoms with Crippen molar-refractivity contribution in [2.75, 3.05) is 6.61 Å². The molecule has 112 valence electrons. The van der Waals surface area contributed by atoms with Gasteiger partial charge in [-0.15, -0.1) is 0 Å². The quantitative estimate of drug-likeness (QED) is 0.785. The summed E-state index contributed by atoms with van der Waals surface area (Å²) in [5, 5.41) is 10.1. The van der Waals surface area contributed by atoms with Gasteiger partial charge in [-0.3, -0.25) is 9.78 Å². The van der Waals surface area contributed by atoms with Gasteiger partial charge in [0.2, 0.25) is 0 Å². The summed E-state index contributed by atoms with van der Waals surface area (Å²) in [6, 6.07) is 9.71. The first-order valence-corrected chi connectivity index (χ1v) is 7.21. The molecule has 1 aromatic carbocycles. The van der Waals surface area contributed by atoms with E-state index in [1.807, 2.05) is 30.3 Å². The third kappa shape index (κ3) is 3.94. The van der Waals surface area contributed by atoms with Gasteiger partial charge in [-0.25, -0.2) is 0 Å². The van der Waals surface area contributed by atoms with Gasteiger partial charge < -0.3 is 9.84 Å². The van der Waals surface area contributed by atoms with Crippen LogP contribution in [0.25, 0.3) is 10.9 Å². The number of hydrogen-bond acceptors (Lipinski definition) is 3. The van der Waals surface area contributed by atoms with E-state index in [-0.39, 0.29) is 0 Å². The summed E-state index contributed by atoms with van der Waals surface area (Å²) in [5.41, 5.74) is 0.255. The van der Waals surface area contributed by atoms with Crippen molar-refractivity contribution < 1.29 is 14.6 Å². The number of aromatic nitrogens is 1. The predicted octanol–water partition coefficient (Wildman–Crippen LogP) is 3.89. The first-order valence-electron chi connectivity index (χ1n) is 7.21. The van der Waals surface area contributed by atoms with E-state index in [1.165, 1.54) is 0 Å². The Morgan fingerprint density at radius 1 is 1.24 bits per heavy atom. The highest BCUT2D eigenvalue weighted by molar-refractivity contribution is 5.84. The molecule has 0 aliphatic heterocycles. The molecule has 4 nitrogen and oxygen atoms in total. The fourth-order valence-corrected chi connectivity index (χ4v) is 2.16. The van der Waals surface area contributed by atoms with Crippen LogP contribution in [0.4, 0.5) is 0 Å². The number of carbonyl (C=O) groups is 1. The molecule has 0 saturated carbocycles. The van der Waals surface area contributed by atoms with Crippen molar-refractivity contribution in [3.05, 3.63) is 36.5 Å². The number of unbranched alkanes of at least 4 members (excludes halogenated alkanes) is 1. The van der Waals surface area contributed by atoms with Crippen LogP contribution < -0.4 is 4.74 Å². The second-order valence-corrected chi connectivity index (χ2v) is 5.82. The van der Waals surface area contributed by atoms with Gasteiger partial charge in [0.1, 0.15) is 5.75 Å². The highest BCUT2D eigenvalue weighted by Gasteiger charge is 2.25. The number of nitrogens with zero attached hydrogens (tertiary/aromatic N) is 1. The molecule has 0 atom stereocenters. The second kappa shape index (κ2) is 6.57. The number of aliphatic carboxylic acids is 1. The van der Waals surface area contributed by atoms with Gasteiger partial charge in [-0.2, -0.15) is 0 Å². The maximum absolute atomic E-state index is 11.0. The zero-order valence-electron chi connectivity index (χ0n) is 12.5. The molecule has 4 heteroatoms. The molecule has 0 amide bonds. The summed E-state index contributed by atoms with van der Waals surface area (Å²) < 4.78 is 5.81. The minimum Gasteiger partial charge on any atom is -0.493 e. The van der Waals surface area contributed by atoms with Gasteiger partial charge in [0.15, 0.2) is 0 Å². The SMILES string of the molecule is CC(C)(CCCCOc1cccc2ncccc12)C(=O)O. The van der Waals surface area contributed by atoms with Gasteiger partial charge in [0.25, 0.3) is 0 Å². The molecule has 0 aliphatic rings. The lowest BCUT2D eigenvalue weighted by atomic mass is 9.87. The van der Waals surface area contributed by atoms with Crippen molar-refractivity contribution in [3.8, 4) is 5.75 Å². The van der Waals surface area contributed by atoms with Crippen LogP contribution in [-0.2, 0) is 4.79 Å². The van der Waals surface area contributed by atoms with Crippen molar-refractivity contribution in [1.29, 1.82) is 0 Å². The monoisotopic (exact) mass is 287 g/mol. The van der Waals surface area contributed by atoms with Crippen molar-refractivity contribution in [2.24, 2.45) is 5.41 Å². The topological polar surface area (TPSA) is 59.4 Å². The Kier molecular flexibility index (Phi) is 4.78. The third-order valence-corrected chi connectivity index (χ3v) is 3.64. The van der Waals surface area contributed by atoms with E-state index in [1.54, 1.807) is 20.0 Å². The summed E-state index contributed by atoms with van der Waals surface area (Å²) >= 11 is 0. The van der Waals surface area contributed by atoms with E-state index in [2.05, 4.69) is 4.98 Å². The Labute approximate surface area is 124 Å². The van der Waals surface area contributed by atoms with E-state index in [4.69, 9.17) is 9.84 Å². The molecule has 0 unspecified atom stereocenters. The normalized spacial score (nSPS) is 11.5. The number of fused-ring (bicyclic) bond motifs is 1. The number of pyridine rings is 1. The van der Waals surface area contributed by atoms with Crippen LogP contribution in [0.3, 0.4) is 0 Å². The number of hydrogen-bond donors (Lipinski definition) is 1. The number of benzene rings is 1. The van der Waals surface area contributed by atoms with Crippen LogP contribution in [0.15, 0.2) is 36.5 Å². The molecular formula is C17H21NO3. The molecule has 0 saturated heterocycles. The summed E-state index contributed by atoms with van der Waals surface area (Å²) in [7, 11) is 0. The summed E-state index contributed by atoms with van der Waals surface area (Å²) in [6.07, 6.45) is 4.10. The first kappa shape index (κ1) is 15.3. The molecule has 0 aliphatic carbocycles. The molecule has 21 heavy (non-hydrogen) atoms. The van der Waals surface area contributed by atoms with E-state index in [0.29, 0.717) is 13.0 Å². The van der Waals surface area contributed by atoms with Gasteiger partial charge in [-0.1, -0.05) is 6.07 Å². The van der Waals surface area contributed by atoms with Crippen LogP contribution in [0.5, 0.6) is 5.75 Å². The van der Waals surface area contributed by atoms with Gasteiger partial charge in [0, 0.05) is 11.6 Å². The number of carboxylic acids is 1. The Morgan fingerprint density at radius 2 is 2.05 bits per heavy atom. The van der Waals surface area contributed by atoms with Crippen molar-refractivity contribution in [2.45, 2.75) is 33.1 Å². The third-order valence-electron chi connectivity index (χ3n) is 3.64. The predicted molar refractivity (Wildman–Crippen MR) is 82.5 cm³/mol. The Balaban J connectivity index is 1.85. The van der Waals surface area contributed by atoms with Crippen molar-refractivity contribution >= 4 is 16.9 Å². The van der Waals surface area contributed by atoms with Crippen LogP contribution in [0.1, 0.15) is 33.1 Å². The van der Waals surface area contributed by atoms with Gasteiger partial charge in [0.05, 0.1) is 17.5 Å². The molecule has 2 rings (SSSR count). The highest BCUT2D eigenvalue weighted by Crippen LogP contribution is 2.25. The van der Waals surface area contributed by atoms with Gasteiger partial charge in [-0.05, 0) is 57.4 Å². The number of rotatable bonds is 7. The van der Waals surface area contributed by atoms with Crippen LogP contribution >= 0.6 is 0 Å². The zero-order chi connectivity index (χ0) is 15.3. The Hall–Kier alpha value is -2.10. The molecular weight excluding hydrogens is 266 g/mol. The highest BCUT2D eigenvalue weighted by atomic mass is 16.5. The van der Waals surface area contributed by atoms with E-state index < -0.39 is 11.4 Å². The molecule has 0 bridgehead atoms. The minimum atomic E-state index is -0.747. The molecule has 2 aromatic rings. The van der Waals surface area contributed by atoms with Crippen molar-refractivity contribution in [3.63, 3.8) is 0 Å². The van der Waals surface area contributed by atoms with E-state index in [0.717, 1.165) is 29.5 Å². The summed E-state index contributed by atoms with van der Waals surface area (Å²) in [6.45, 7) is 4.10. The molecule has 0 radical (unpaired) electrons. The van der Waals surface area contributed by atoms with E-state index in [9.17, 15) is 4.79 Å². The average molecular weight is 287 g/mol. The average Bonchev–Trinajstić information content (AvgIpc) is 2.47. The first-order chi connectivity index (χ1) is 10.0. The maximum atomic E-state index is 11.0. The standard InChI is InChI=1S/C17H21NO3/c1-17(2,16(19)20)10-3-4-12-21-15-9-5-8-14-13(15)7-6-11-18-14/h5-9,11H,3-4,10,12H2,1-2H3,(H,19,20). The Bertz CT molecular complexity index is 617. The van der Waals surface area contributed by atoms with Gasteiger partial charge >= 0.3 is 5.97 Å². The molecule has 0 fully saturated rings. The summed E-state index contributed by atoms with van der Waals surface area (Å²) in [4.78, 5) is 15.3. The van der Waals surface area contributed by atoms with Crippen LogP contribution in [0.2, 0.25) is 0 Å². The number of carboxylic acid groups (broad SMARTS) is 1. The van der Waals surface area contributed by atoms with Crippen molar-refractivity contribution in [1.82, 2.24) is 4.98 Å². The number of ether oxygens (including phenoxy) is 1.